The summed E-state index contributed by atoms with van der Waals surface area (Å²) in [6.07, 6.45) is 19.5. The second kappa shape index (κ2) is 27.7. The Kier molecular flexibility index (Phi) is 22.8. The zero-order valence-corrected chi connectivity index (χ0v) is 32.3. The van der Waals surface area contributed by atoms with Gasteiger partial charge in [0.25, 0.3) is 0 Å². The number of nitriles is 1. The molecule has 0 aliphatic heterocycles. The standard InChI is InChI=1S/C43H63NO10/c1-3-41(45)50-28-12-7-5-10-26-48-36-19-15-34(16-20-36)32-53-38-23-24-40(39(31-38)43(47)52-30-14-9-25-44)54-33-35-17-21-37(22-18-35)49-27-11-6-8-13-29-51-42(46)4-2/h3-4,23-24,31,34-37H,1-2,5-22,26-30,32-33H2/t34-,35-,36-,37-. The second-order valence-corrected chi connectivity index (χ2v) is 14.3. The van der Waals surface area contributed by atoms with Crippen molar-refractivity contribution >= 4 is 17.9 Å². The third-order valence-electron chi connectivity index (χ3n) is 9.99. The van der Waals surface area contributed by atoms with E-state index in [0.29, 0.717) is 68.2 Å². The summed E-state index contributed by atoms with van der Waals surface area (Å²) in [5.74, 6) is 0.669. The molecule has 0 bridgehead atoms. The quantitative estimate of drug-likeness (QED) is 0.0352. The Bertz CT molecular complexity index is 1290. The maximum Gasteiger partial charge on any atom is 0.342 e. The highest BCUT2D eigenvalue weighted by Gasteiger charge is 2.25. The maximum absolute atomic E-state index is 13.1. The topological polar surface area (TPSA) is 140 Å². The second-order valence-electron chi connectivity index (χ2n) is 14.3. The van der Waals surface area contributed by atoms with Gasteiger partial charge in [0.15, 0.2) is 0 Å². The van der Waals surface area contributed by atoms with Crippen molar-refractivity contribution in [2.75, 3.05) is 46.2 Å². The van der Waals surface area contributed by atoms with Crippen LogP contribution in [0, 0.1) is 23.2 Å². The first kappa shape index (κ1) is 44.5. The van der Waals surface area contributed by atoms with Crippen molar-refractivity contribution < 1.29 is 47.5 Å². The Labute approximate surface area is 322 Å². The molecule has 0 unspecified atom stereocenters. The molecule has 0 saturated heterocycles. The van der Waals surface area contributed by atoms with Crippen LogP contribution in [0.2, 0.25) is 0 Å². The van der Waals surface area contributed by atoms with E-state index in [2.05, 4.69) is 19.2 Å². The number of rotatable bonds is 28. The van der Waals surface area contributed by atoms with Crippen LogP contribution in [-0.2, 0) is 33.3 Å². The molecule has 1 aromatic rings. The van der Waals surface area contributed by atoms with E-state index in [1.165, 1.54) is 12.2 Å². The first-order chi connectivity index (χ1) is 26.4. The number of hydrogen-bond donors (Lipinski definition) is 0. The molecular weight excluding hydrogens is 690 g/mol. The van der Waals surface area contributed by atoms with Crippen LogP contribution in [0.25, 0.3) is 0 Å². The number of nitrogens with zero attached hydrogens (tertiary/aromatic N) is 1. The molecule has 2 fully saturated rings. The number of unbranched alkanes of at least 4 members (excludes halogenated alkanes) is 7. The van der Waals surface area contributed by atoms with Crippen LogP contribution >= 0.6 is 0 Å². The molecule has 0 atom stereocenters. The van der Waals surface area contributed by atoms with Gasteiger partial charge in [-0.15, -0.1) is 0 Å². The summed E-state index contributed by atoms with van der Waals surface area (Å²) < 4.78 is 40.2. The summed E-state index contributed by atoms with van der Waals surface area (Å²) in [5.41, 5.74) is 0.343. The van der Waals surface area contributed by atoms with Gasteiger partial charge in [0.1, 0.15) is 17.1 Å². The predicted molar refractivity (Wildman–Crippen MR) is 205 cm³/mol. The third kappa shape index (κ3) is 18.9. The van der Waals surface area contributed by atoms with Crippen LogP contribution in [0.5, 0.6) is 11.5 Å². The van der Waals surface area contributed by atoms with Gasteiger partial charge in [0.05, 0.1) is 51.3 Å². The fourth-order valence-electron chi connectivity index (χ4n) is 6.71. The highest BCUT2D eigenvalue weighted by Crippen LogP contribution is 2.32. The van der Waals surface area contributed by atoms with Crippen LogP contribution in [0.3, 0.4) is 0 Å². The lowest BCUT2D eigenvalue weighted by Gasteiger charge is -2.29. The van der Waals surface area contributed by atoms with E-state index in [9.17, 15) is 14.4 Å². The third-order valence-corrected chi connectivity index (χ3v) is 9.99. The van der Waals surface area contributed by atoms with Gasteiger partial charge in [-0.2, -0.15) is 5.26 Å². The lowest BCUT2D eigenvalue weighted by Crippen LogP contribution is -2.26. The van der Waals surface area contributed by atoms with Gasteiger partial charge in [0.2, 0.25) is 0 Å². The number of hydrogen-bond acceptors (Lipinski definition) is 11. The minimum absolute atomic E-state index is 0.171. The van der Waals surface area contributed by atoms with Gasteiger partial charge in [0, 0.05) is 31.8 Å². The highest BCUT2D eigenvalue weighted by molar-refractivity contribution is 5.93. The van der Waals surface area contributed by atoms with Crippen LogP contribution < -0.4 is 9.47 Å². The minimum atomic E-state index is -0.475. The van der Waals surface area contributed by atoms with Crippen molar-refractivity contribution in [1.29, 1.82) is 5.26 Å². The summed E-state index contributed by atoms with van der Waals surface area (Å²) in [5, 5.41) is 8.86. The molecule has 2 aliphatic rings. The van der Waals surface area contributed by atoms with Crippen molar-refractivity contribution in [3.8, 4) is 17.6 Å². The average molecular weight is 754 g/mol. The fraction of sp³-hybridized carbons (Fsp3) is 0.674. The smallest absolute Gasteiger partial charge is 0.342 e. The molecule has 0 amide bonds. The Balaban J connectivity index is 1.35. The van der Waals surface area contributed by atoms with Crippen LogP contribution in [0.15, 0.2) is 43.5 Å². The molecule has 0 radical (unpaired) electrons. The highest BCUT2D eigenvalue weighted by atomic mass is 16.5. The Morgan fingerprint density at radius 2 is 1.11 bits per heavy atom. The predicted octanol–water partition coefficient (Wildman–Crippen LogP) is 8.63. The monoisotopic (exact) mass is 753 g/mol. The van der Waals surface area contributed by atoms with Crippen molar-refractivity contribution in [3.05, 3.63) is 49.1 Å². The molecule has 11 nitrogen and oxygen atoms in total. The molecular formula is C43H63NO10. The van der Waals surface area contributed by atoms with Gasteiger partial charge in [-0.1, -0.05) is 26.0 Å². The maximum atomic E-state index is 13.1. The summed E-state index contributed by atoms with van der Waals surface area (Å²) in [6.45, 7) is 10.4. The van der Waals surface area contributed by atoms with Crippen molar-refractivity contribution in [1.82, 2.24) is 0 Å². The van der Waals surface area contributed by atoms with Gasteiger partial charge in [-0.25, -0.2) is 14.4 Å². The number of esters is 3. The van der Waals surface area contributed by atoms with Crippen LogP contribution in [-0.4, -0.2) is 76.4 Å². The van der Waals surface area contributed by atoms with Crippen molar-refractivity contribution in [2.24, 2.45) is 11.8 Å². The summed E-state index contributed by atoms with van der Waals surface area (Å²) in [7, 11) is 0. The zero-order valence-electron chi connectivity index (χ0n) is 32.3. The summed E-state index contributed by atoms with van der Waals surface area (Å²) in [6, 6.07) is 7.47. The van der Waals surface area contributed by atoms with E-state index in [0.717, 1.165) is 116 Å². The molecule has 0 aromatic heterocycles. The molecule has 2 saturated carbocycles. The Morgan fingerprint density at radius 1 is 0.630 bits per heavy atom. The van der Waals surface area contributed by atoms with Gasteiger partial charge in [-0.05, 0) is 126 Å². The summed E-state index contributed by atoms with van der Waals surface area (Å²) >= 11 is 0. The molecule has 0 spiro atoms. The first-order valence-electron chi connectivity index (χ1n) is 20.2. The number of carbonyl (C=O) groups is 3. The zero-order chi connectivity index (χ0) is 38.6. The molecule has 1 aromatic carbocycles. The number of benzene rings is 1. The SMILES string of the molecule is C=CC(=O)OCCCCCCO[C@H]1CC[C@H](COc2ccc(OC[C@H]3CC[C@H](OCCCCCCOC(=O)C=C)CC3)c(C(=O)OCCCC#N)c2)CC1. The fourth-order valence-corrected chi connectivity index (χ4v) is 6.71. The Morgan fingerprint density at radius 3 is 1.61 bits per heavy atom. The van der Waals surface area contributed by atoms with E-state index in [1.807, 2.05) is 6.07 Å². The van der Waals surface area contributed by atoms with E-state index in [4.69, 9.17) is 38.4 Å². The van der Waals surface area contributed by atoms with Crippen LogP contribution in [0.1, 0.15) is 126 Å². The van der Waals surface area contributed by atoms with Gasteiger partial charge < -0.3 is 33.2 Å². The largest absolute Gasteiger partial charge is 0.493 e. The first-order valence-corrected chi connectivity index (χ1v) is 20.2. The Hall–Kier alpha value is -3.88. The van der Waals surface area contributed by atoms with E-state index in [1.54, 1.807) is 12.1 Å². The number of ether oxygens (including phenoxy) is 7. The molecule has 11 heteroatoms. The molecule has 300 valence electrons. The lowest BCUT2D eigenvalue weighted by molar-refractivity contribution is -0.138. The van der Waals surface area contributed by atoms with Gasteiger partial charge >= 0.3 is 17.9 Å². The average Bonchev–Trinajstić information content (AvgIpc) is 3.20. The van der Waals surface area contributed by atoms with Crippen molar-refractivity contribution in [3.63, 3.8) is 0 Å². The van der Waals surface area contributed by atoms with Gasteiger partial charge in [-0.3, -0.25) is 0 Å². The van der Waals surface area contributed by atoms with Crippen LogP contribution in [0.4, 0.5) is 0 Å². The van der Waals surface area contributed by atoms with E-state index >= 15 is 0 Å². The number of carbonyl (C=O) groups excluding carboxylic acids is 3. The molecule has 54 heavy (non-hydrogen) atoms. The minimum Gasteiger partial charge on any atom is -0.493 e. The normalized spacial score (nSPS) is 19.5. The summed E-state index contributed by atoms with van der Waals surface area (Å²) in [4.78, 5) is 35.3. The lowest BCUT2D eigenvalue weighted by atomic mass is 9.88. The molecule has 0 heterocycles. The molecule has 3 rings (SSSR count). The molecule has 0 N–H and O–H groups in total. The van der Waals surface area contributed by atoms with E-state index < -0.39 is 5.97 Å². The molecule has 2 aliphatic carbocycles. The van der Waals surface area contributed by atoms with E-state index in [-0.39, 0.29) is 30.8 Å². The van der Waals surface area contributed by atoms with Crippen molar-refractivity contribution in [2.45, 2.75) is 128 Å².